The Morgan fingerprint density at radius 2 is 1.53 bits per heavy atom. The Balaban J connectivity index is 1.28. The number of allylic oxidation sites excluding steroid dienone is 1. The smallest absolute Gasteiger partial charge is 0.261 e. The molecule has 1 aliphatic heterocycles. The van der Waals surface area contributed by atoms with Crippen LogP contribution in [0, 0.1) is 17.8 Å². The van der Waals surface area contributed by atoms with Crippen LogP contribution in [0.2, 0.25) is 5.04 Å². The van der Waals surface area contributed by atoms with E-state index in [9.17, 15) is 24.9 Å². The van der Waals surface area contributed by atoms with Crippen LogP contribution in [-0.4, -0.2) is 59.7 Å². The first-order valence-corrected chi connectivity index (χ1v) is 23.3. The van der Waals surface area contributed by atoms with Gasteiger partial charge in [0, 0.05) is 16.2 Å². The van der Waals surface area contributed by atoms with Crippen LogP contribution in [0.15, 0.2) is 131 Å². The number of amides is 2. The molecule has 0 bridgehead atoms. The monoisotopic (exact) mass is 813 g/mol. The molecule has 58 heavy (non-hydrogen) atoms. The fraction of sp³-hybridized carbons (Fsp3) is 0.347. The van der Waals surface area contributed by atoms with Crippen molar-refractivity contribution in [3.05, 3.63) is 142 Å². The summed E-state index contributed by atoms with van der Waals surface area (Å²) in [6.07, 6.45) is 4.15. The molecule has 0 radical (unpaired) electrons. The molecule has 1 aliphatic carbocycles. The summed E-state index contributed by atoms with van der Waals surface area (Å²) in [5.74, 6) is -2.45. The lowest BCUT2D eigenvalue weighted by atomic mass is 9.68. The number of nitrogens with zero attached hydrogens (tertiary/aromatic N) is 1. The molecule has 1 fully saturated rings. The number of aromatic hydroxyl groups is 1. The summed E-state index contributed by atoms with van der Waals surface area (Å²) in [6.45, 7) is 8.77. The van der Waals surface area contributed by atoms with Crippen molar-refractivity contribution in [2.24, 2.45) is 17.8 Å². The zero-order valence-electron chi connectivity index (χ0n) is 33.9. The highest BCUT2D eigenvalue weighted by molar-refractivity contribution is 7.09. The SMILES string of the molecule is CCC/C(=C\c1ccc(O)c2ccccc12)CC[C@@H](O)C1=C(CO[Si](c2ccccc2)(c2ccccc2)C(C)(C)C)C[C@H]2C(=O)N(Cc3cccs3)C(=O)[C@H]2[C@H]1CO. The van der Waals surface area contributed by atoms with Crippen LogP contribution >= 0.6 is 11.3 Å². The second-order valence-corrected chi connectivity index (χ2v) is 22.1. The van der Waals surface area contributed by atoms with Gasteiger partial charge in [-0.1, -0.05) is 143 Å². The van der Waals surface area contributed by atoms with Crippen LogP contribution in [0.1, 0.15) is 70.2 Å². The molecule has 4 aromatic carbocycles. The third kappa shape index (κ3) is 8.03. The van der Waals surface area contributed by atoms with Gasteiger partial charge in [-0.3, -0.25) is 14.5 Å². The number of rotatable bonds is 15. The van der Waals surface area contributed by atoms with Crippen LogP contribution in [0.5, 0.6) is 5.75 Å². The van der Waals surface area contributed by atoms with E-state index in [-0.39, 0.29) is 48.8 Å². The molecule has 2 amide bonds. The number of thiophene rings is 1. The van der Waals surface area contributed by atoms with Crippen molar-refractivity contribution in [2.45, 2.75) is 77.5 Å². The molecule has 4 atom stereocenters. The summed E-state index contributed by atoms with van der Waals surface area (Å²) in [5.41, 5.74) is 3.59. The summed E-state index contributed by atoms with van der Waals surface area (Å²) in [7, 11) is -3.03. The average molecular weight is 814 g/mol. The van der Waals surface area contributed by atoms with Gasteiger partial charge in [0.25, 0.3) is 8.32 Å². The van der Waals surface area contributed by atoms with Gasteiger partial charge in [-0.05, 0) is 80.7 Å². The summed E-state index contributed by atoms with van der Waals surface area (Å²) in [6, 6.07) is 36.1. The molecule has 302 valence electrons. The van der Waals surface area contributed by atoms with Gasteiger partial charge in [-0.15, -0.1) is 11.3 Å². The topological polar surface area (TPSA) is 107 Å². The van der Waals surface area contributed by atoms with Gasteiger partial charge in [0.1, 0.15) is 5.75 Å². The molecule has 0 spiro atoms. The fourth-order valence-corrected chi connectivity index (χ4v) is 14.8. The zero-order valence-corrected chi connectivity index (χ0v) is 35.8. The molecule has 1 aromatic heterocycles. The number of carbonyl (C=O) groups is 2. The number of hydrogen-bond donors (Lipinski definition) is 3. The molecular weight excluding hydrogens is 759 g/mol. The lowest BCUT2D eigenvalue weighted by Gasteiger charge is -2.44. The van der Waals surface area contributed by atoms with Gasteiger partial charge in [0.2, 0.25) is 11.8 Å². The Morgan fingerprint density at radius 1 is 0.879 bits per heavy atom. The number of benzene rings is 4. The summed E-state index contributed by atoms with van der Waals surface area (Å²) < 4.78 is 7.44. The number of imide groups is 1. The summed E-state index contributed by atoms with van der Waals surface area (Å²) >= 11 is 1.50. The van der Waals surface area contributed by atoms with Gasteiger partial charge in [0.15, 0.2) is 0 Å². The van der Waals surface area contributed by atoms with E-state index >= 15 is 0 Å². The van der Waals surface area contributed by atoms with Crippen LogP contribution in [0.4, 0.5) is 0 Å². The molecule has 7 nitrogen and oxygen atoms in total. The van der Waals surface area contributed by atoms with Crippen molar-refractivity contribution in [3.63, 3.8) is 0 Å². The maximum Gasteiger partial charge on any atom is 0.261 e. The van der Waals surface area contributed by atoms with E-state index in [1.54, 1.807) is 6.07 Å². The van der Waals surface area contributed by atoms with Crippen molar-refractivity contribution in [1.29, 1.82) is 0 Å². The third-order valence-corrected chi connectivity index (χ3v) is 18.1. The fourth-order valence-electron chi connectivity index (χ4n) is 9.55. The normalized spacial score (nSPS) is 19.6. The van der Waals surface area contributed by atoms with E-state index in [0.29, 0.717) is 18.4 Å². The summed E-state index contributed by atoms with van der Waals surface area (Å²) in [5, 5.41) is 39.8. The van der Waals surface area contributed by atoms with Gasteiger partial charge >= 0.3 is 0 Å². The Morgan fingerprint density at radius 3 is 2.14 bits per heavy atom. The molecule has 9 heteroatoms. The highest BCUT2D eigenvalue weighted by atomic mass is 32.1. The van der Waals surface area contributed by atoms with Crippen molar-refractivity contribution in [3.8, 4) is 5.75 Å². The Bertz CT molecular complexity index is 2240. The van der Waals surface area contributed by atoms with E-state index < -0.39 is 32.2 Å². The van der Waals surface area contributed by atoms with E-state index in [0.717, 1.165) is 55.6 Å². The molecule has 7 rings (SSSR count). The predicted octanol–water partition coefficient (Wildman–Crippen LogP) is 8.62. The van der Waals surface area contributed by atoms with Crippen LogP contribution in [0.25, 0.3) is 16.8 Å². The van der Waals surface area contributed by atoms with Crippen molar-refractivity contribution in [2.75, 3.05) is 13.2 Å². The number of aliphatic hydroxyl groups excluding tert-OH is 2. The quantitative estimate of drug-likeness (QED) is 0.0556. The van der Waals surface area contributed by atoms with E-state index in [4.69, 9.17) is 4.43 Å². The Kier molecular flexibility index (Phi) is 12.7. The maximum atomic E-state index is 14.3. The Labute approximate surface area is 347 Å². The molecule has 3 N–H and O–H groups in total. The minimum atomic E-state index is -3.03. The highest BCUT2D eigenvalue weighted by Gasteiger charge is 2.56. The van der Waals surface area contributed by atoms with Crippen LogP contribution < -0.4 is 10.4 Å². The Hall–Kier alpha value is -4.64. The van der Waals surface area contributed by atoms with E-state index in [1.165, 1.54) is 16.2 Å². The van der Waals surface area contributed by atoms with Gasteiger partial charge in [-0.25, -0.2) is 0 Å². The first kappa shape index (κ1) is 41.5. The maximum absolute atomic E-state index is 14.3. The number of aliphatic hydroxyl groups is 2. The molecule has 2 aliphatic rings. The first-order chi connectivity index (χ1) is 28.0. The second-order valence-electron chi connectivity index (χ2n) is 16.8. The molecule has 1 saturated heterocycles. The highest BCUT2D eigenvalue weighted by Crippen LogP contribution is 2.48. The first-order valence-electron chi connectivity index (χ1n) is 20.5. The number of carbonyl (C=O) groups excluding carboxylic acids is 2. The van der Waals surface area contributed by atoms with Gasteiger partial charge < -0.3 is 19.7 Å². The van der Waals surface area contributed by atoms with Crippen molar-refractivity contribution in [1.82, 2.24) is 4.90 Å². The average Bonchev–Trinajstić information content (AvgIpc) is 3.83. The van der Waals surface area contributed by atoms with Gasteiger partial charge in [0.05, 0.1) is 37.7 Å². The third-order valence-electron chi connectivity index (χ3n) is 12.2. The number of fused-ring (bicyclic) bond motifs is 2. The number of phenolic OH excluding ortho intramolecular Hbond substituents is 1. The van der Waals surface area contributed by atoms with Gasteiger partial charge in [-0.2, -0.15) is 0 Å². The van der Waals surface area contributed by atoms with E-state index in [2.05, 4.69) is 58.0 Å². The predicted molar refractivity (Wildman–Crippen MR) is 236 cm³/mol. The minimum Gasteiger partial charge on any atom is -0.507 e. The molecule has 0 unspecified atom stereocenters. The molecule has 5 aromatic rings. The number of phenols is 1. The summed E-state index contributed by atoms with van der Waals surface area (Å²) in [4.78, 5) is 30.8. The lowest BCUT2D eigenvalue weighted by molar-refractivity contribution is -0.140. The number of likely N-dealkylation sites (tertiary alicyclic amines) is 1. The second kappa shape index (κ2) is 17.7. The standard InChI is InChI=1S/C49H55NO6SSi/c1-5-15-33(28-34-24-26-43(52)40-22-13-12-21-39(34)40)23-25-44(53)45-35(29-41-46(42(45)31-51)48(55)50(47(41)54)30-36-16-14-27-57-36)32-56-58(49(2,3)4,37-17-8-6-9-18-37)38-19-10-7-11-20-38/h6-14,16-22,24,26-28,41-42,44,46,51-53H,5,15,23,25,29-32H2,1-4H3/b33-28+/t41-,42+,44-,46-/m1/s1. The minimum absolute atomic E-state index is 0.156. The van der Waals surface area contributed by atoms with Crippen LogP contribution in [0.3, 0.4) is 0 Å². The lowest BCUT2D eigenvalue weighted by Crippen LogP contribution is -2.66. The molecule has 2 heterocycles. The molecular formula is C49H55NO6SSi. The molecule has 0 saturated carbocycles. The zero-order chi connectivity index (χ0) is 41.0. The van der Waals surface area contributed by atoms with Crippen molar-refractivity contribution < 1.29 is 29.3 Å². The largest absolute Gasteiger partial charge is 0.507 e. The van der Waals surface area contributed by atoms with Crippen LogP contribution in [-0.2, 0) is 20.6 Å². The number of hydrogen-bond acceptors (Lipinski definition) is 7. The van der Waals surface area contributed by atoms with Crippen molar-refractivity contribution >= 4 is 58.7 Å². The van der Waals surface area contributed by atoms with E-state index in [1.807, 2.05) is 84.2 Å².